The third-order valence-corrected chi connectivity index (χ3v) is 4.73. The smallest absolute Gasteiger partial charge is 0.341 e. The molecule has 0 fully saturated rings. The van der Waals surface area contributed by atoms with E-state index in [9.17, 15) is 9.59 Å². The Balaban J connectivity index is 1.94. The quantitative estimate of drug-likeness (QED) is 0.591. The number of aromatic nitrogens is 1. The summed E-state index contributed by atoms with van der Waals surface area (Å²) in [5.41, 5.74) is 2.66. The van der Waals surface area contributed by atoms with Gasteiger partial charge in [0.05, 0.1) is 16.6 Å². The Bertz CT molecular complexity index is 1020. The van der Waals surface area contributed by atoms with Gasteiger partial charge in [-0.05, 0) is 52.5 Å². The Morgan fingerprint density at radius 1 is 1.00 bits per heavy atom. The Morgan fingerprint density at radius 2 is 1.76 bits per heavy atom. The number of ether oxygens (including phenoxy) is 1. The number of esters is 1. The molecule has 0 aliphatic carbocycles. The molecule has 0 unspecified atom stereocenters. The van der Waals surface area contributed by atoms with Crippen LogP contribution in [0.15, 0.2) is 42.6 Å². The van der Waals surface area contributed by atoms with Crippen molar-refractivity contribution in [2.45, 2.75) is 0 Å². The number of benzene rings is 1. The first kappa shape index (κ1) is 20.8. The molecule has 0 saturated carbocycles. The summed E-state index contributed by atoms with van der Waals surface area (Å²) in [4.78, 5) is 29.3. The number of hydrogen-bond acceptors (Lipinski definition) is 5. The van der Waals surface area contributed by atoms with Crippen LogP contribution in [0.4, 0.5) is 0 Å². The molecule has 154 valence electrons. The highest BCUT2D eigenvalue weighted by molar-refractivity contribution is 6.12. The number of nitrogens with zero attached hydrogens (tertiary/aromatic N) is 3. The maximum Gasteiger partial charge on any atom is 0.341 e. The Kier molecular flexibility index (Phi) is 6.51. The minimum atomic E-state index is -0.353. The van der Waals surface area contributed by atoms with Crippen LogP contribution in [-0.4, -0.2) is 80.5 Å². The Morgan fingerprint density at radius 3 is 2.48 bits per heavy atom. The van der Waals surface area contributed by atoms with Gasteiger partial charge < -0.3 is 24.3 Å². The number of nitrogens with one attached hydrogen (secondary N) is 1. The van der Waals surface area contributed by atoms with Gasteiger partial charge in [-0.3, -0.25) is 4.79 Å². The van der Waals surface area contributed by atoms with Crippen molar-refractivity contribution in [3.05, 3.63) is 53.7 Å². The Labute approximate surface area is 170 Å². The van der Waals surface area contributed by atoms with E-state index in [-0.39, 0.29) is 11.9 Å². The van der Waals surface area contributed by atoms with E-state index in [2.05, 4.69) is 5.32 Å². The molecule has 7 nitrogen and oxygen atoms in total. The van der Waals surface area contributed by atoms with Gasteiger partial charge in [-0.1, -0.05) is 12.1 Å². The number of pyridine rings is 1. The molecule has 0 atom stereocenters. The van der Waals surface area contributed by atoms with Crippen LogP contribution in [-0.2, 0) is 4.74 Å². The average molecular weight is 396 g/mol. The van der Waals surface area contributed by atoms with Crippen molar-refractivity contribution in [1.82, 2.24) is 19.5 Å². The first-order valence-electron chi connectivity index (χ1n) is 9.66. The fourth-order valence-corrected chi connectivity index (χ4v) is 3.18. The van der Waals surface area contributed by atoms with Crippen molar-refractivity contribution in [3.63, 3.8) is 0 Å². The van der Waals surface area contributed by atoms with Gasteiger partial charge in [-0.2, -0.15) is 0 Å². The molecule has 0 spiro atoms. The highest BCUT2D eigenvalue weighted by Gasteiger charge is 2.20. The molecule has 0 saturated heterocycles. The topological polar surface area (TPSA) is 66.3 Å². The van der Waals surface area contributed by atoms with E-state index in [1.54, 1.807) is 6.07 Å². The zero-order valence-electron chi connectivity index (χ0n) is 17.4. The van der Waals surface area contributed by atoms with Gasteiger partial charge in [0.25, 0.3) is 5.91 Å². The molecule has 3 aromatic rings. The normalized spacial score (nSPS) is 11.5. The van der Waals surface area contributed by atoms with E-state index in [4.69, 9.17) is 4.74 Å². The molecule has 29 heavy (non-hydrogen) atoms. The summed E-state index contributed by atoms with van der Waals surface area (Å²) in [6, 6.07) is 11.1. The van der Waals surface area contributed by atoms with Crippen LogP contribution in [0.1, 0.15) is 20.7 Å². The van der Waals surface area contributed by atoms with Crippen LogP contribution in [0.5, 0.6) is 0 Å². The molecule has 1 N–H and O–H groups in total. The maximum atomic E-state index is 12.8. The molecule has 1 amide bonds. The van der Waals surface area contributed by atoms with Crippen molar-refractivity contribution in [3.8, 4) is 0 Å². The monoisotopic (exact) mass is 396 g/mol. The number of rotatable bonds is 8. The fraction of sp³-hybridized carbons (Fsp3) is 0.364. The lowest BCUT2D eigenvalue weighted by molar-refractivity contribution is 0.0486. The van der Waals surface area contributed by atoms with Crippen molar-refractivity contribution in [2.75, 3.05) is 54.4 Å². The summed E-state index contributed by atoms with van der Waals surface area (Å²) >= 11 is 0. The summed E-state index contributed by atoms with van der Waals surface area (Å²) < 4.78 is 7.41. The molecular weight excluding hydrogens is 368 g/mol. The van der Waals surface area contributed by atoms with Crippen molar-refractivity contribution in [1.29, 1.82) is 0 Å². The number of likely N-dealkylation sites (N-methyl/N-ethyl adjacent to an activating group) is 2. The van der Waals surface area contributed by atoms with Crippen molar-refractivity contribution in [2.24, 2.45) is 0 Å². The van der Waals surface area contributed by atoms with Gasteiger partial charge >= 0.3 is 5.97 Å². The highest BCUT2D eigenvalue weighted by atomic mass is 16.5. The van der Waals surface area contributed by atoms with Crippen LogP contribution >= 0.6 is 0 Å². The lowest BCUT2D eigenvalue weighted by atomic mass is 10.1. The predicted octanol–water partition coefficient (Wildman–Crippen LogP) is 2.10. The van der Waals surface area contributed by atoms with Crippen LogP contribution in [0, 0.1) is 0 Å². The van der Waals surface area contributed by atoms with Crippen molar-refractivity contribution >= 4 is 28.3 Å². The first-order chi connectivity index (χ1) is 13.9. The van der Waals surface area contributed by atoms with Crippen molar-refractivity contribution < 1.29 is 14.3 Å². The van der Waals surface area contributed by atoms with Crippen LogP contribution in [0.3, 0.4) is 0 Å². The standard InChI is InChI=1S/C22H28N4O3/c1-24(2)12-10-23-21(27)16-8-9-17-19(15-16)26-11-6-5-7-18(26)20(17)22(28)29-14-13-25(3)4/h5-9,11,15H,10,12-14H2,1-4H3,(H,23,27). The molecule has 1 aromatic carbocycles. The molecule has 0 aliphatic rings. The van der Waals surface area contributed by atoms with E-state index in [1.807, 2.05) is 78.9 Å². The van der Waals surface area contributed by atoms with E-state index in [0.29, 0.717) is 30.8 Å². The molecule has 7 heteroatoms. The maximum absolute atomic E-state index is 12.8. The second-order valence-corrected chi connectivity index (χ2v) is 7.56. The summed E-state index contributed by atoms with van der Waals surface area (Å²) in [7, 11) is 7.79. The third kappa shape index (κ3) is 4.75. The van der Waals surface area contributed by atoms with E-state index in [0.717, 1.165) is 23.0 Å². The van der Waals surface area contributed by atoms with E-state index < -0.39 is 0 Å². The summed E-state index contributed by atoms with van der Waals surface area (Å²) in [5.74, 6) is -0.483. The number of carbonyl (C=O) groups excluding carboxylic acids is 2. The van der Waals surface area contributed by atoms with Gasteiger partial charge in [0.15, 0.2) is 0 Å². The average Bonchev–Trinajstić information content (AvgIpc) is 3.01. The summed E-state index contributed by atoms with van der Waals surface area (Å²) in [6.45, 7) is 2.32. The molecule has 0 aliphatic heterocycles. The zero-order chi connectivity index (χ0) is 21.0. The van der Waals surface area contributed by atoms with Gasteiger partial charge in [-0.25, -0.2) is 4.79 Å². The number of carbonyl (C=O) groups is 2. The Hall–Kier alpha value is -2.90. The van der Waals surface area contributed by atoms with E-state index >= 15 is 0 Å². The van der Waals surface area contributed by atoms with Crippen LogP contribution in [0.25, 0.3) is 16.4 Å². The number of hydrogen-bond donors (Lipinski definition) is 1. The second kappa shape index (κ2) is 9.07. The minimum absolute atomic E-state index is 0.130. The zero-order valence-corrected chi connectivity index (χ0v) is 17.4. The van der Waals surface area contributed by atoms with E-state index in [1.165, 1.54) is 0 Å². The van der Waals surface area contributed by atoms with Gasteiger partial charge in [0.1, 0.15) is 6.61 Å². The largest absolute Gasteiger partial charge is 0.461 e. The molecule has 2 aromatic heterocycles. The number of fused-ring (bicyclic) bond motifs is 3. The second-order valence-electron chi connectivity index (χ2n) is 7.56. The van der Waals surface area contributed by atoms with Gasteiger partial charge in [0.2, 0.25) is 0 Å². The molecule has 2 heterocycles. The number of amides is 1. The molecule has 3 rings (SSSR count). The molecule has 0 bridgehead atoms. The lowest BCUT2D eigenvalue weighted by Gasteiger charge is -2.10. The van der Waals surface area contributed by atoms with Crippen LogP contribution in [0.2, 0.25) is 0 Å². The fourth-order valence-electron chi connectivity index (χ4n) is 3.18. The summed E-state index contributed by atoms with van der Waals surface area (Å²) in [5, 5.41) is 3.70. The predicted molar refractivity (Wildman–Crippen MR) is 115 cm³/mol. The SMILES string of the molecule is CN(C)CCNC(=O)c1ccc2c(C(=O)OCCN(C)C)c3ccccn3c2c1. The van der Waals surface area contributed by atoms with Crippen LogP contribution < -0.4 is 5.32 Å². The molecule has 0 radical (unpaired) electrons. The third-order valence-electron chi connectivity index (χ3n) is 4.73. The lowest BCUT2D eigenvalue weighted by Crippen LogP contribution is -2.31. The first-order valence-corrected chi connectivity index (χ1v) is 9.66. The minimum Gasteiger partial charge on any atom is -0.461 e. The highest BCUT2D eigenvalue weighted by Crippen LogP contribution is 2.28. The van der Waals surface area contributed by atoms with Gasteiger partial charge in [-0.15, -0.1) is 0 Å². The van der Waals surface area contributed by atoms with Gasteiger partial charge in [0, 0.05) is 36.8 Å². The summed E-state index contributed by atoms with van der Waals surface area (Å²) in [6.07, 6.45) is 1.89. The molecular formula is C22H28N4O3.